The van der Waals surface area contributed by atoms with Gasteiger partial charge < -0.3 is 9.73 Å². The van der Waals surface area contributed by atoms with Crippen LogP contribution in [0.25, 0.3) is 11.0 Å². The summed E-state index contributed by atoms with van der Waals surface area (Å²) in [5.74, 6) is 1.18. The average Bonchev–Trinajstić information content (AvgIpc) is 2.72. The van der Waals surface area contributed by atoms with Crippen LogP contribution >= 0.6 is 0 Å². The summed E-state index contributed by atoms with van der Waals surface area (Å²) >= 11 is 0. The monoisotopic (exact) mass is 215 g/mol. The minimum absolute atomic E-state index is 0.0497. The second kappa shape index (κ2) is 3.76. The Balaban J connectivity index is 1.96. The molecule has 0 bridgehead atoms. The number of carbonyl (C=O) groups excluding carboxylic acids is 1. The van der Waals surface area contributed by atoms with E-state index in [0.29, 0.717) is 18.6 Å². The normalized spacial score (nSPS) is 21.5. The maximum Gasteiger partial charge on any atom is 0.136 e. The summed E-state index contributed by atoms with van der Waals surface area (Å²) < 4.78 is 5.74. The summed E-state index contributed by atoms with van der Waals surface area (Å²) in [4.78, 5) is 11.4. The summed E-state index contributed by atoms with van der Waals surface area (Å²) in [5, 5.41) is 4.41. The minimum Gasteiger partial charge on any atom is -0.459 e. The van der Waals surface area contributed by atoms with Crippen molar-refractivity contribution in [3.8, 4) is 0 Å². The Hall–Kier alpha value is -1.61. The molecule has 0 amide bonds. The Morgan fingerprint density at radius 3 is 3.00 bits per heavy atom. The number of hydrogen-bond donors (Lipinski definition) is 1. The zero-order valence-electron chi connectivity index (χ0n) is 8.90. The van der Waals surface area contributed by atoms with Crippen LogP contribution in [0.15, 0.2) is 34.7 Å². The summed E-state index contributed by atoms with van der Waals surface area (Å²) in [6.07, 6.45) is 1.18. The lowest BCUT2D eigenvalue weighted by Gasteiger charge is -2.20. The molecule has 16 heavy (non-hydrogen) atoms. The zero-order chi connectivity index (χ0) is 11.0. The van der Waals surface area contributed by atoms with E-state index in [1.54, 1.807) is 0 Å². The number of para-hydroxylation sites is 1. The van der Waals surface area contributed by atoms with Crippen molar-refractivity contribution in [3.05, 3.63) is 36.1 Å². The molecule has 0 saturated carbocycles. The first-order chi connectivity index (χ1) is 7.83. The van der Waals surface area contributed by atoms with Crippen molar-refractivity contribution in [2.75, 3.05) is 6.54 Å². The lowest BCUT2D eigenvalue weighted by molar-refractivity contribution is -0.120. The lowest BCUT2D eigenvalue weighted by Crippen LogP contribution is -2.31. The van der Waals surface area contributed by atoms with Gasteiger partial charge in [0, 0.05) is 24.8 Å². The molecular formula is C13H13NO2. The number of furan rings is 1. The van der Waals surface area contributed by atoms with Gasteiger partial charge in [0.05, 0.1) is 6.04 Å². The summed E-state index contributed by atoms with van der Waals surface area (Å²) in [6.45, 7) is 0.751. The lowest BCUT2D eigenvalue weighted by atomic mass is 10.0. The van der Waals surface area contributed by atoms with Crippen LogP contribution in [0.4, 0.5) is 0 Å². The number of Topliss-reactive ketones (excluding diaryl/α,β-unsaturated/α-hetero) is 1. The van der Waals surface area contributed by atoms with E-state index in [0.717, 1.165) is 23.3 Å². The van der Waals surface area contributed by atoms with Crippen molar-refractivity contribution in [3.63, 3.8) is 0 Å². The number of hydrogen-bond acceptors (Lipinski definition) is 3. The van der Waals surface area contributed by atoms with Crippen molar-refractivity contribution in [1.29, 1.82) is 0 Å². The number of piperidine rings is 1. The molecule has 1 unspecified atom stereocenters. The molecule has 3 nitrogen and oxygen atoms in total. The van der Waals surface area contributed by atoms with Crippen LogP contribution in [0.3, 0.4) is 0 Å². The molecule has 1 atom stereocenters. The zero-order valence-corrected chi connectivity index (χ0v) is 8.90. The van der Waals surface area contributed by atoms with Crippen LogP contribution in [0.5, 0.6) is 0 Å². The van der Waals surface area contributed by atoms with Crippen LogP contribution in [-0.2, 0) is 4.79 Å². The Morgan fingerprint density at radius 2 is 2.19 bits per heavy atom. The van der Waals surface area contributed by atoms with E-state index < -0.39 is 0 Å². The van der Waals surface area contributed by atoms with Crippen molar-refractivity contribution >= 4 is 16.8 Å². The fourth-order valence-electron chi connectivity index (χ4n) is 2.16. The van der Waals surface area contributed by atoms with Gasteiger partial charge in [-0.15, -0.1) is 0 Å². The average molecular weight is 215 g/mol. The molecule has 1 saturated heterocycles. The van der Waals surface area contributed by atoms with Gasteiger partial charge in [-0.3, -0.25) is 4.79 Å². The highest BCUT2D eigenvalue weighted by Gasteiger charge is 2.23. The molecule has 1 aromatic carbocycles. The predicted molar refractivity (Wildman–Crippen MR) is 61.2 cm³/mol. The van der Waals surface area contributed by atoms with E-state index >= 15 is 0 Å². The first-order valence-electron chi connectivity index (χ1n) is 5.56. The molecule has 3 rings (SSSR count). The van der Waals surface area contributed by atoms with Crippen LogP contribution in [0.2, 0.25) is 0 Å². The smallest absolute Gasteiger partial charge is 0.136 e. The van der Waals surface area contributed by atoms with E-state index in [1.807, 2.05) is 30.3 Å². The number of benzene rings is 1. The van der Waals surface area contributed by atoms with Gasteiger partial charge in [0.25, 0.3) is 0 Å². The highest BCUT2D eigenvalue weighted by Crippen LogP contribution is 2.27. The standard InChI is InChI=1S/C13H13NO2/c15-10-5-6-14-11(8-10)13-7-9-3-1-2-4-12(9)16-13/h1-4,7,11,14H,5-6,8H2. The SMILES string of the molecule is O=C1CCNC(c2cc3ccccc3o2)C1. The third kappa shape index (κ3) is 1.63. The second-order valence-corrected chi connectivity index (χ2v) is 4.19. The largest absolute Gasteiger partial charge is 0.459 e. The van der Waals surface area contributed by atoms with E-state index in [-0.39, 0.29) is 6.04 Å². The summed E-state index contributed by atoms with van der Waals surface area (Å²) in [7, 11) is 0. The molecule has 1 aromatic heterocycles. The molecule has 0 spiro atoms. The fraction of sp³-hybridized carbons (Fsp3) is 0.308. The van der Waals surface area contributed by atoms with Crippen molar-refractivity contribution < 1.29 is 9.21 Å². The highest BCUT2D eigenvalue weighted by atomic mass is 16.3. The summed E-state index contributed by atoms with van der Waals surface area (Å²) in [6, 6.07) is 9.98. The Morgan fingerprint density at radius 1 is 1.31 bits per heavy atom. The number of fused-ring (bicyclic) bond motifs is 1. The van der Waals surface area contributed by atoms with Gasteiger partial charge in [-0.1, -0.05) is 18.2 Å². The molecular weight excluding hydrogens is 202 g/mol. The van der Waals surface area contributed by atoms with E-state index in [9.17, 15) is 4.79 Å². The van der Waals surface area contributed by atoms with E-state index in [1.165, 1.54) is 0 Å². The number of nitrogens with one attached hydrogen (secondary N) is 1. The van der Waals surface area contributed by atoms with Crippen LogP contribution in [0, 0.1) is 0 Å². The Kier molecular flexibility index (Phi) is 2.26. The van der Waals surface area contributed by atoms with Gasteiger partial charge >= 0.3 is 0 Å². The van der Waals surface area contributed by atoms with Crippen LogP contribution < -0.4 is 5.32 Å². The molecule has 82 valence electrons. The third-order valence-corrected chi connectivity index (χ3v) is 3.01. The number of carbonyl (C=O) groups is 1. The van der Waals surface area contributed by atoms with Crippen molar-refractivity contribution in [2.24, 2.45) is 0 Å². The number of rotatable bonds is 1. The first kappa shape index (κ1) is 9.60. The Bertz CT molecular complexity index is 496. The number of ketones is 1. The maximum absolute atomic E-state index is 11.4. The summed E-state index contributed by atoms with van der Waals surface area (Å²) in [5.41, 5.74) is 0.886. The molecule has 3 heteroatoms. The van der Waals surface area contributed by atoms with Crippen LogP contribution in [-0.4, -0.2) is 12.3 Å². The predicted octanol–water partition coefficient (Wildman–Crippen LogP) is 2.43. The van der Waals surface area contributed by atoms with Gasteiger partial charge in [-0.05, 0) is 12.1 Å². The molecule has 2 heterocycles. The molecule has 1 aliphatic rings. The van der Waals surface area contributed by atoms with Gasteiger partial charge in [0.2, 0.25) is 0 Å². The highest BCUT2D eigenvalue weighted by molar-refractivity contribution is 5.81. The van der Waals surface area contributed by atoms with Gasteiger partial charge in [0.15, 0.2) is 0 Å². The van der Waals surface area contributed by atoms with E-state index in [2.05, 4.69) is 5.32 Å². The first-order valence-corrected chi connectivity index (χ1v) is 5.56. The van der Waals surface area contributed by atoms with Crippen LogP contribution in [0.1, 0.15) is 24.6 Å². The van der Waals surface area contributed by atoms with Gasteiger partial charge in [-0.25, -0.2) is 0 Å². The van der Waals surface area contributed by atoms with Crippen molar-refractivity contribution in [2.45, 2.75) is 18.9 Å². The molecule has 1 aliphatic heterocycles. The second-order valence-electron chi connectivity index (χ2n) is 4.19. The Labute approximate surface area is 93.4 Å². The minimum atomic E-state index is 0.0497. The topological polar surface area (TPSA) is 42.2 Å². The van der Waals surface area contributed by atoms with Crippen molar-refractivity contribution in [1.82, 2.24) is 5.32 Å². The fourth-order valence-corrected chi connectivity index (χ4v) is 2.16. The quantitative estimate of drug-likeness (QED) is 0.794. The molecule has 0 radical (unpaired) electrons. The third-order valence-electron chi connectivity index (χ3n) is 3.01. The molecule has 0 aliphatic carbocycles. The van der Waals surface area contributed by atoms with Gasteiger partial charge in [-0.2, -0.15) is 0 Å². The van der Waals surface area contributed by atoms with E-state index in [4.69, 9.17) is 4.42 Å². The molecule has 1 fully saturated rings. The van der Waals surface area contributed by atoms with Gasteiger partial charge in [0.1, 0.15) is 17.1 Å². The molecule has 1 N–H and O–H groups in total. The molecule has 2 aromatic rings. The maximum atomic E-state index is 11.4.